The summed E-state index contributed by atoms with van der Waals surface area (Å²) in [7, 11) is 1.66. The fourth-order valence-electron chi connectivity index (χ4n) is 4.49. The second-order valence-electron chi connectivity index (χ2n) is 8.72. The molecule has 1 fully saturated rings. The largest absolute Gasteiger partial charge is 0.497 e. The summed E-state index contributed by atoms with van der Waals surface area (Å²) in [6, 6.07) is 13.7. The molecule has 3 aromatic rings. The van der Waals surface area contributed by atoms with Crippen LogP contribution in [0.25, 0.3) is 11.7 Å². The monoisotopic (exact) mass is 478 g/mol. The number of carbonyl (C=O) groups is 1. The molecule has 0 bridgehead atoms. The van der Waals surface area contributed by atoms with E-state index < -0.39 is 0 Å². The van der Waals surface area contributed by atoms with Gasteiger partial charge in [0, 0.05) is 13.1 Å². The Morgan fingerprint density at radius 2 is 1.94 bits per heavy atom. The maximum atomic E-state index is 12.8. The van der Waals surface area contributed by atoms with Crippen molar-refractivity contribution in [3.05, 3.63) is 59.3 Å². The number of nitrogens with zero attached hydrogens (tertiary/aromatic N) is 3. The van der Waals surface area contributed by atoms with Crippen LogP contribution in [-0.4, -0.2) is 60.1 Å². The Morgan fingerprint density at radius 3 is 2.74 bits per heavy atom. The molecule has 1 aromatic carbocycles. The SMILES string of the molecule is COc1ccc(OCCCN2CCC(CNC(=O)C3=Cc4cnc5cccc(n45)S3)CC2)cc1. The highest BCUT2D eigenvalue weighted by Crippen LogP contribution is 2.34. The van der Waals surface area contributed by atoms with Crippen LogP contribution in [0.3, 0.4) is 0 Å². The molecular formula is C26H30N4O3S. The van der Waals surface area contributed by atoms with E-state index in [1.807, 2.05) is 54.7 Å². The first-order chi connectivity index (χ1) is 16.7. The Morgan fingerprint density at radius 1 is 1.15 bits per heavy atom. The van der Waals surface area contributed by atoms with Crippen molar-refractivity contribution in [2.75, 3.05) is 39.9 Å². The molecule has 0 radical (unpaired) electrons. The molecule has 5 rings (SSSR count). The van der Waals surface area contributed by atoms with Crippen molar-refractivity contribution in [2.45, 2.75) is 24.3 Å². The molecule has 7 nitrogen and oxygen atoms in total. The molecule has 1 amide bonds. The predicted octanol–water partition coefficient (Wildman–Crippen LogP) is 4.09. The lowest BCUT2D eigenvalue weighted by atomic mass is 9.96. The van der Waals surface area contributed by atoms with Crippen molar-refractivity contribution in [1.29, 1.82) is 0 Å². The van der Waals surface area contributed by atoms with Gasteiger partial charge in [0.2, 0.25) is 0 Å². The number of pyridine rings is 1. The molecule has 8 heteroatoms. The van der Waals surface area contributed by atoms with Gasteiger partial charge in [-0.2, -0.15) is 0 Å². The number of hydrogen-bond acceptors (Lipinski definition) is 6. The maximum Gasteiger partial charge on any atom is 0.258 e. The van der Waals surface area contributed by atoms with Gasteiger partial charge in [-0.05, 0) is 80.7 Å². The van der Waals surface area contributed by atoms with E-state index in [2.05, 4.69) is 19.6 Å². The number of thioether (sulfide) groups is 1. The van der Waals surface area contributed by atoms with Crippen molar-refractivity contribution in [3.63, 3.8) is 0 Å². The lowest BCUT2D eigenvalue weighted by Crippen LogP contribution is -2.39. The predicted molar refractivity (Wildman–Crippen MR) is 134 cm³/mol. The van der Waals surface area contributed by atoms with E-state index in [-0.39, 0.29) is 5.91 Å². The van der Waals surface area contributed by atoms with E-state index in [9.17, 15) is 4.79 Å². The number of amides is 1. The third-order valence-electron chi connectivity index (χ3n) is 6.44. The van der Waals surface area contributed by atoms with E-state index in [4.69, 9.17) is 9.47 Å². The van der Waals surface area contributed by atoms with Crippen LogP contribution >= 0.6 is 11.8 Å². The van der Waals surface area contributed by atoms with E-state index in [1.54, 1.807) is 7.11 Å². The van der Waals surface area contributed by atoms with E-state index in [0.717, 1.165) is 78.2 Å². The standard InChI is InChI=1S/C26H30N4O3S/c1-32-21-6-8-22(9-7-21)33-15-3-12-29-13-10-19(11-14-29)17-28-26(31)23-16-20-18-27-24-4-2-5-25(34-23)30(20)24/h2,4-9,16,18-19H,3,10-15,17H2,1H3,(H,28,31). The zero-order valence-corrected chi connectivity index (χ0v) is 20.2. The summed E-state index contributed by atoms with van der Waals surface area (Å²) in [5.41, 5.74) is 1.87. The number of ether oxygens (including phenoxy) is 2. The number of imidazole rings is 1. The molecule has 0 spiro atoms. The van der Waals surface area contributed by atoms with Crippen LogP contribution in [0.1, 0.15) is 25.0 Å². The summed E-state index contributed by atoms with van der Waals surface area (Å²) in [6.45, 7) is 4.62. The van der Waals surface area contributed by atoms with Gasteiger partial charge < -0.3 is 19.7 Å². The average molecular weight is 479 g/mol. The Balaban J connectivity index is 1.01. The molecule has 2 aliphatic heterocycles. The Hall–Kier alpha value is -2.97. The molecule has 0 aliphatic carbocycles. The molecule has 1 saturated heterocycles. The molecular weight excluding hydrogens is 448 g/mol. The number of hydrogen-bond donors (Lipinski definition) is 1. The number of piperidine rings is 1. The number of benzene rings is 1. The van der Waals surface area contributed by atoms with Gasteiger partial charge in [-0.25, -0.2) is 4.98 Å². The van der Waals surface area contributed by atoms with Gasteiger partial charge in [0.05, 0.1) is 35.5 Å². The minimum absolute atomic E-state index is 0.00700. The quantitative estimate of drug-likeness (QED) is 0.468. The summed E-state index contributed by atoms with van der Waals surface area (Å²) >= 11 is 1.51. The fourth-order valence-corrected chi connectivity index (χ4v) is 5.49. The lowest BCUT2D eigenvalue weighted by Gasteiger charge is -2.32. The van der Waals surface area contributed by atoms with Crippen molar-refractivity contribution < 1.29 is 14.3 Å². The first kappa shape index (κ1) is 22.8. The van der Waals surface area contributed by atoms with E-state index >= 15 is 0 Å². The van der Waals surface area contributed by atoms with Gasteiger partial charge in [-0.15, -0.1) is 0 Å². The van der Waals surface area contributed by atoms with Crippen LogP contribution < -0.4 is 14.8 Å². The van der Waals surface area contributed by atoms with E-state index in [0.29, 0.717) is 12.5 Å². The van der Waals surface area contributed by atoms with Gasteiger partial charge in [-0.3, -0.25) is 9.20 Å². The van der Waals surface area contributed by atoms with Crippen LogP contribution in [0, 0.1) is 5.92 Å². The number of aromatic nitrogens is 2. The minimum Gasteiger partial charge on any atom is -0.497 e. The summed E-state index contributed by atoms with van der Waals surface area (Å²) in [5.74, 6) is 2.25. The Kier molecular flexibility index (Phi) is 7.06. The van der Waals surface area contributed by atoms with Crippen LogP contribution in [0.5, 0.6) is 11.5 Å². The zero-order chi connectivity index (χ0) is 23.3. The number of rotatable bonds is 9. The Labute approximate surface area is 204 Å². The first-order valence-electron chi connectivity index (χ1n) is 11.8. The lowest BCUT2D eigenvalue weighted by molar-refractivity contribution is -0.117. The third-order valence-corrected chi connectivity index (χ3v) is 7.49. The third kappa shape index (κ3) is 5.23. The summed E-state index contributed by atoms with van der Waals surface area (Å²) in [6.07, 6.45) is 6.98. The molecule has 0 atom stereocenters. The van der Waals surface area contributed by atoms with Crippen LogP contribution in [-0.2, 0) is 4.79 Å². The van der Waals surface area contributed by atoms with Crippen molar-refractivity contribution in [3.8, 4) is 11.5 Å². The average Bonchev–Trinajstić information content (AvgIpc) is 3.30. The molecule has 4 heterocycles. The summed E-state index contributed by atoms with van der Waals surface area (Å²) in [4.78, 5) is 20.5. The molecule has 34 heavy (non-hydrogen) atoms. The number of carbonyl (C=O) groups excluding carboxylic acids is 1. The van der Waals surface area contributed by atoms with Gasteiger partial charge in [0.1, 0.15) is 17.1 Å². The normalized spacial score (nSPS) is 16.3. The molecule has 178 valence electrons. The van der Waals surface area contributed by atoms with E-state index in [1.165, 1.54) is 11.8 Å². The summed E-state index contributed by atoms with van der Waals surface area (Å²) in [5, 5.41) is 4.19. The number of methoxy groups -OCH3 is 1. The maximum absolute atomic E-state index is 12.8. The molecule has 2 aromatic heterocycles. The molecule has 0 unspecified atom stereocenters. The van der Waals surface area contributed by atoms with Crippen molar-refractivity contribution in [2.24, 2.45) is 5.92 Å². The highest BCUT2D eigenvalue weighted by atomic mass is 32.2. The summed E-state index contributed by atoms with van der Waals surface area (Å²) < 4.78 is 13.1. The minimum atomic E-state index is 0.00700. The first-order valence-corrected chi connectivity index (χ1v) is 12.6. The van der Waals surface area contributed by atoms with Crippen molar-refractivity contribution >= 4 is 29.4 Å². The highest BCUT2D eigenvalue weighted by Gasteiger charge is 2.23. The Bertz CT molecular complexity index is 1170. The smallest absolute Gasteiger partial charge is 0.258 e. The van der Waals surface area contributed by atoms with Crippen LogP contribution in [0.2, 0.25) is 0 Å². The molecule has 1 N–H and O–H groups in total. The topological polar surface area (TPSA) is 68.1 Å². The highest BCUT2D eigenvalue weighted by molar-refractivity contribution is 8.04. The van der Waals surface area contributed by atoms with Gasteiger partial charge in [0.25, 0.3) is 5.91 Å². The fraction of sp³-hybridized carbons (Fsp3) is 0.385. The second-order valence-corrected chi connectivity index (χ2v) is 9.79. The van der Waals surface area contributed by atoms with Gasteiger partial charge >= 0.3 is 0 Å². The van der Waals surface area contributed by atoms with Crippen LogP contribution in [0.15, 0.2) is 58.6 Å². The van der Waals surface area contributed by atoms with Crippen LogP contribution in [0.4, 0.5) is 0 Å². The van der Waals surface area contributed by atoms with Gasteiger partial charge in [0.15, 0.2) is 0 Å². The zero-order valence-electron chi connectivity index (χ0n) is 19.4. The molecule has 0 saturated carbocycles. The van der Waals surface area contributed by atoms with Gasteiger partial charge in [-0.1, -0.05) is 17.8 Å². The second kappa shape index (κ2) is 10.5. The number of likely N-dealkylation sites (tertiary alicyclic amines) is 1. The molecule has 2 aliphatic rings. The number of nitrogens with one attached hydrogen (secondary N) is 1. The van der Waals surface area contributed by atoms with Crippen molar-refractivity contribution in [1.82, 2.24) is 19.6 Å².